The van der Waals surface area contributed by atoms with Crippen LogP contribution in [0.3, 0.4) is 0 Å². The zero-order chi connectivity index (χ0) is 18.1. The Morgan fingerprint density at radius 3 is 2.92 bits per heavy atom. The first-order valence-electron chi connectivity index (χ1n) is 9.36. The summed E-state index contributed by atoms with van der Waals surface area (Å²) in [5, 5.41) is 20.2. The van der Waals surface area contributed by atoms with Gasteiger partial charge in [-0.3, -0.25) is 14.7 Å². The summed E-state index contributed by atoms with van der Waals surface area (Å²) in [5.41, 5.74) is 0.978. The van der Waals surface area contributed by atoms with E-state index in [2.05, 4.69) is 15.5 Å². The third-order valence-corrected chi connectivity index (χ3v) is 5.28. The van der Waals surface area contributed by atoms with Crippen molar-refractivity contribution in [3.63, 3.8) is 0 Å². The SMILES string of the molecule is O=C(NC1CCCCN(C(=O)CC2CC2)C1)c1n[nH]c2ccc(O)cc12. The van der Waals surface area contributed by atoms with Crippen LogP contribution in [-0.4, -0.2) is 51.1 Å². The highest BCUT2D eigenvalue weighted by atomic mass is 16.3. The van der Waals surface area contributed by atoms with Gasteiger partial charge in [0.2, 0.25) is 5.91 Å². The number of carbonyl (C=O) groups excluding carboxylic acids is 2. The molecule has 138 valence electrons. The molecule has 1 aliphatic carbocycles. The van der Waals surface area contributed by atoms with E-state index in [0.717, 1.165) is 25.8 Å². The molecule has 3 N–H and O–H groups in total. The van der Waals surface area contributed by atoms with Gasteiger partial charge in [-0.25, -0.2) is 0 Å². The lowest BCUT2D eigenvalue weighted by Crippen LogP contribution is -2.44. The second kappa shape index (κ2) is 6.97. The van der Waals surface area contributed by atoms with Crippen LogP contribution in [-0.2, 0) is 4.79 Å². The third-order valence-electron chi connectivity index (χ3n) is 5.28. The van der Waals surface area contributed by atoms with Crippen molar-refractivity contribution in [1.82, 2.24) is 20.4 Å². The Kier molecular flexibility index (Phi) is 4.53. The van der Waals surface area contributed by atoms with Gasteiger partial charge in [0.05, 0.1) is 5.52 Å². The number of aromatic hydroxyl groups is 1. The summed E-state index contributed by atoms with van der Waals surface area (Å²) in [6.45, 7) is 1.34. The van der Waals surface area contributed by atoms with E-state index in [-0.39, 0.29) is 29.3 Å². The van der Waals surface area contributed by atoms with Crippen molar-refractivity contribution >= 4 is 22.7 Å². The zero-order valence-electron chi connectivity index (χ0n) is 14.7. The van der Waals surface area contributed by atoms with E-state index in [1.165, 1.54) is 18.9 Å². The number of hydrogen-bond acceptors (Lipinski definition) is 4. The summed E-state index contributed by atoms with van der Waals surface area (Å²) in [6, 6.07) is 4.71. The fourth-order valence-corrected chi connectivity index (χ4v) is 3.61. The number of likely N-dealkylation sites (tertiary alicyclic amines) is 1. The summed E-state index contributed by atoms with van der Waals surface area (Å²) in [6.07, 6.45) is 5.79. The van der Waals surface area contributed by atoms with Gasteiger partial charge in [0.1, 0.15) is 5.75 Å². The molecule has 7 nitrogen and oxygen atoms in total. The van der Waals surface area contributed by atoms with E-state index in [4.69, 9.17) is 0 Å². The first kappa shape index (κ1) is 16.9. The van der Waals surface area contributed by atoms with Crippen LogP contribution in [0.15, 0.2) is 18.2 Å². The van der Waals surface area contributed by atoms with Crippen LogP contribution in [0.25, 0.3) is 10.9 Å². The number of nitrogens with zero attached hydrogens (tertiary/aromatic N) is 2. The lowest BCUT2D eigenvalue weighted by molar-refractivity contribution is -0.131. The molecule has 1 saturated heterocycles. The molecule has 2 aliphatic rings. The minimum absolute atomic E-state index is 0.0720. The number of nitrogens with one attached hydrogen (secondary N) is 2. The first-order chi connectivity index (χ1) is 12.6. The average molecular weight is 356 g/mol. The molecule has 1 aliphatic heterocycles. The van der Waals surface area contributed by atoms with Gasteiger partial charge in [-0.2, -0.15) is 5.10 Å². The van der Waals surface area contributed by atoms with E-state index in [0.29, 0.717) is 29.8 Å². The standard InChI is InChI=1S/C19H24N4O3/c24-14-6-7-16-15(10-14)18(22-21-16)19(26)20-13-3-1-2-8-23(11-13)17(25)9-12-4-5-12/h6-7,10,12-13,24H,1-5,8-9,11H2,(H,20,26)(H,21,22). The molecule has 4 rings (SSSR count). The normalized spacial score (nSPS) is 20.8. The topological polar surface area (TPSA) is 98.3 Å². The number of benzene rings is 1. The van der Waals surface area contributed by atoms with Gasteiger partial charge in [0.15, 0.2) is 5.69 Å². The number of hydrogen-bond donors (Lipinski definition) is 3. The van der Waals surface area contributed by atoms with Gasteiger partial charge in [-0.15, -0.1) is 0 Å². The Hall–Kier alpha value is -2.57. The highest BCUT2D eigenvalue weighted by Crippen LogP contribution is 2.33. The van der Waals surface area contributed by atoms with Gasteiger partial charge >= 0.3 is 0 Å². The van der Waals surface area contributed by atoms with Gasteiger partial charge in [-0.1, -0.05) is 0 Å². The third kappa shape index (κ3) is 3.66. The van der Waals surface area contributed by atoms with Crippen molar-refractivity contribution in [2.24, 2.45) is 5.92 Å². The van der Waals surface area contributed by atoms with E-state index in [9.17, 15) is 14.7 Å². The molecule has 2 fully saturated rings. The molecule has 7 heteroatoms. The minimum atomic E-state index is -0.275. The number of carbonyl (C=O) groups is 2. The van der Waals surface area contributed by atoms with Gasteiger partial charge < -0.3 is 15.3 Å². The van der Waals surface area contributed by atoms with E-state index in [1.807, 2.05) is 4.90 Å². The number of fused-ring (bicyclic) bond motifs is 1. The molecule has 1 aromatic heterocycles. The van der Waals surface area contributed by atoms with Crippen LogP contribution in [0.5, 0.6) is 5.75 Å². The van der Waals surface area contributed by atoms with E-state index in [1.54, 1.807) is 12.1 Å². The van der Waals surface area contributed by atoms with Crippen LogP contribution in [0, 0.1) is 5.92 Å². The quantitative estimate of drug-likeness (QED) is 0.782. The lowest BCUT2D eigenvalue weighted by atomic mass is 10.1. The molecule has 26 heavy (non-hydrogen) atoms. The molecule has 1 saturated carbocycles. The fourth-order valence-electron chi connectivity index (χ4n) is 3.61. The van der Waals surface area contributed by atoms with Crippen LogP contribution < -0.4 is 5.32 Å². The van der Waals surface area contributed by atoms with E-state index < -0.39 is 0 Å². The molecule has 1 unspecified atom stereocenters. The van der Waals surface area contributed by atoms with Gasteiger partial charge in [-0.05, 0) is 56.2 Å². The van der Waals surface area contributed by atoms with Crippen molar-refractivity contribution in [1.29, 1.82) is 0 Å². The fraction of sp³-hybridized carbons (Fsp3) is 0.526. The Balaban J connectivity index is 1.45. The molecule has 1 atom stereocenters. The molecule has 2 amide bonds. The summed E-state index contributed by atoms with van der Waals surface area (Å²) >= 11 is 0. The van der Waals surface area contributed by atoms with Crippen LogP contribution in [0.2, 0.25) is 0 Å². The van der Waals surface area contributed by atoms with Crippen LogP contribution >= 0.6 is 0 Å². The number of rotatable bonds is 4. The Bertz CT molecular complexity index is 827. The van der Waals surface area contributed by atoms with Crippen molar-refractivity contribution in [2.75, 3.05) is 13.1 Å². The van der Waals surface area contributed by atoms with Crippen LogP contribution in [0.4, 0.5) is 0 Å². The highest BCUT2D eigenvalue weighted by molar-refractivity contribution is 6.05. The second-order valence-electron chi connectivity index (χ2n) is 7.46. The maximum atomic E-state index is 12.7. The molecule has 2 heterocycles. The monoisotopic (exact) mass is 356 g/mol. The summed E-state index contributed by atoms with van der Waals surface area (Å²) in [4.78, 5) is 27.0. The Labute approximate surface area is 151 Å². The summed E-state index contributed by atoms with van der Waals surface area (Å²) in [5.74, 6) is 0.605. The van der Waals surface area contributed by atoms with Crippen molar-refractivity contribution in [3.05, 3.63) is 23.9 Å². The maximum Gasteiger partial charge on any atom is 0.272 e. The number of H-pyrrole nitrogens is 1. The van der Waals surface area contributed by atoms with Crippen molar-refractivity contribution in [2.45, 2.75) is 44.6 Å². The predicted octanol–water partition coefficient (Wildman–Crippen LogP) is 2.18. The zero-order valence-corrected chi connectivity index (χ0v) is 14.7. The second-order valence-corrected chi connectivity index (χ2v) is 7.46. The molecule has 1 aromatic carbocycles. The summed E-state index contributed by atoms with van der Waals surface area (Å²) < 4.78 is 0. The predicted molar refractivity (Wildman–Crippen MR) is 96.8 cm³/mol. The Morgan fingerprint density at radius 2 is 2.12 bits per heavy atom. The first-order valence-corrected chi connectivity index (χ1v) is 9.36. The average Bonchev–Trinajstić information content (AvgIpc) is 3.37. The lowest BCUT2D eigenvalue weighted by Gasteiger charge is -2.25. The molecule has 0 spiro atoms. The minimum Gasteiger partial charge on any atom is -0.508 e. The molecule has 0 bridgehead atoms. The molecule has 0 radical (unpaired) electrons. The summed E-state index contributed by atoms with van der Waals surface area (Å²) in [7, 11) is 0. The molecule has 2 aromatic rings. The molecular formula is C19H24N4O3. The molecular weight excluding hydrogens is 332 g/mol. The smallest absolute Gasteiger partial charge is 0.272 e. The Morgan fingerprint density at radius 1 is 1.27 bits per heavy atom. The van der Waals surface area contributed by atoms with Crippen LogP contribution in [0.1, 0.15) is 49.0 Å². The van der Waals surface area contributed by atoms with Gasteiger partial charge in [0, 0.05) is 30.9 Å². The van der Waals surface area contributed by atoms with Gasteiger partial charge in [0.25, 0.3) is 5.91 Å². The number of aromatic nitrogens is 2. The van der Waals surface area contributed by atoms with Crippen molar-refractivity contribution in [3.8, 4) is 5.75 Å². The van der Waals surface area contributed by atoms with Crippen molar-refractivity contribution < 1.29 is 14.7 Å². The largest absolute Gasteiger partial charge is 0.508 e. The number of amides is 2. The number of aromatic amines is 1. The number of phenolic OH excluding ortho intramolecular Hbond substituents is 1. The number of phenols is 1. The maximum absolute atomic E-state index is 12.7. The highest BCUT2D eigenvalue weighted by Gasteiger charge is 2.29. The van der Waals surface area contributed by atoms with E-state index >= 15 is 0 Å².